The van der Waals surface area contributed by atoms with E-state index in [1.807, 2.05) is 0 Å². The normalized spacial score (nSPS) is 10.3. The average molecular weight is 310 g/mol. The summed E-state index contributed by atoms with van der Waals surface area (Å²) in [4.78, 5) is 26.0. The zero-order valence-electron chi connectivity index (χ0n) is 10.9. The number of nitrogens with zero attached hydrogens (tertiary/aromatic N) is 3. The summed E-state index contributed by atoms with van der Waals surface area (Å²) < 4.78 is 0. The van der Waals surface area contributed by atoms with Gasteiger partial charge in [0.15, 0.2) is 0 Å². The number of H-pyrrole nitrogens is 1. The maximum atomic E-state index is 11.9. The van der Waals surface area contributed by atoms with Crippen molar-refractivity contribution in [2.24, 2.45) is 0 Å². The third-order valence-corrected chi connectivity index (χ3v) is 2.91. The Bertz CT molecular complexity index is 644. The van der Waals surface area contributed by atoms with E-state index in [-0.39, 0.29) is 16.3 Å². The summed E-state index contributed by atoms with van der Waals surface area (Å²) in [6, 6.07) is 3.78. The van der Waals surface area contributed by atoms with Crippen LogP contribution in [0.3, 0.4) is 0 Å². The molecule has 9 heteroatoms. The molecule has 21 heavy (non-hydrogen) atoms. The molecule has 2 aromatic rings. The molecule has 0 fully saturated rings. The second kappa shape index (κ2) is 6.80. The molecular formula is C12H12ClN5O3. The van der Waals surface area contributed by atoms with E-state index in [2.05, 4.69) is 20.5 Å². The number of amides is 1. The number of non-ortho nitro benzene ring substituents is 1. The van der Waals surface area contributed by atoms with Crippen LogP contribution < -0.4 is 5.32 Å². The zero-order valence-corrected chi connectivity index (χ0v) is 11.6. The van der Waals surface area contributed by atoms with Gasteiger partial charge in [0.1, 0.15) is 12.2 Å². The minimum Gasteiger partial charge on any atom is -0.352 e. The van der Waals surface area contributed by atoms with Gasteiger partial charge in [-0.25, -0.2) is 4.98 Å². The molecular weight excluding hydrogens is 298 g/mol. The molecule has 0 unspecified atom stereocenters. The molecule has 1 aromatic carbocycles. The molecule has 0 atom stereocenters. The van der Waals surface area contributed by atoms with E-state index >= 15 is 0 Å². The lowest BCUT2D eigenvalue weighted by molar-refractivity contribution is -0.384. The summed E-state index contributed by atoms with van der Waals surface area (Å²) in [5.41, 5.74) is -0.0526. The predicted molar refractivity (Wildman–Crippen MR) is 75.1 cm³/mol. The van der Waals surface area contributed by atoms with Gasteiger partial charge in [-0.1, -0.05) is 11.6 Å². The summed E-state index contributed by atoms with van der Waals surface area (Å²) in [5.74, 6) is 0.334. The van der Waals surface area contributed by atoms with Crippen LogP contribution in [0.25, 0.3) is 0 Å². The van der Waals surface area contributed by atoms with Crippen LogP contribution in [0.1, 0.15) is 22.6 Å². The third-order valence-electron chi connectivity index (χ3n) is 2.70. The van der Waals surface area contributed by atoms with Crippen molar-refractivity contribution in [1.29, 1.82) is 0 Å². The lowest BCUT2D eigenvalue weighted by Gasteiger charge is -2.05. The molecule has 1 amide bonds. The number of rotatable bonds is 6. The summed E-state index contributed by atoms with van der Waals surface area (Å²) in [6.45, 7) is 0.417. The predicted octanol–water partition coefficient (Wildman–Crippen LogP) is 1.73. The first-order valence-corrected chi connectivity index (χ1v) is 6.51. The first-order chi connectivity index (χ1) is 10.1. The summed E-state index contributed by atoms with van der Waals surface area (Å²) in [6.07, 6.45) is 2.73. The van der Waals surface area contributed by atoms with Crippen LogP contribution >= 0.6 is 11.6 Å². The van der Waals surface area contributed by atoms with Crippen LogP contribution in [-0.2, 0) is 6.42 Å². The Hall–Kier alpha value is -2.48. The van der Waals surface area contributed by atoms with E-state index in [1.165, 1.54) is 24.5 Å². The average Bonchev–Trinajstić information content (AvgIpc) is 2.95. The molecule has 1 aromatic heterocycles. The highest BCUT2D eigenvalue weighted by atomic mass is 35.5. The molecule has 0 saturated heterocycles. The van der Waals surface area contributed by atoms with E-state index in [1.54, 1.807) is 0 Å². The van der Waals surface area contributed by atoms with Gasteiger partial charge in [-0.15, -0.1) is 0 Å². The monoisotopic (exact) mass is 309 g/mol. The van der Waals surface area contributed by atoms with Crippen molar-refractivity contribution in [3.8, 4) is 0 Å². The largest absolute Gasteiger partial charge is 0.352 e. The Balaban J connectivity index is 1.89. The Morgan fingerprint density at radius 3 is 2.90 bits per heavy atom. The van der Waals surface area contributed by atoms with Gasteiger partial charge in [0, 0.05) is 35.7 Å². The minimum absolute atomic E-state index is 0.149. The van der Waals surface area contributed by atoms with Gasteiger partial charge in [-0.05, 0) is 12.5 Å². The van der Waals surface area contributed by atoms with Gasteiger partial charge in [-0.3, -0.25) is 20.0 Å². The number of aromatic amines is 1. The van der Waals surface area contributed by atoms with E-state index in [0.717, 1.165) is 5.82 Å². The Morgan fingerprint density at radius 2 is 2.24 bits per heavy atom. The fraction of sp³-hybridized carbons (Fsp3) is 0.250. The Kier molecular flexibility index (Phi) is 4.83. The van der Waals surface area contributed by atoms with Crippen LogP contribution in [0, 0.1) is 10.1 Å². The van der Waals surface area contributed by atoms with Crippen molar-refractivity contribution in [1.82, 2.24) is 20.5 Å². The molecule has 1 heterocycles. The number of aryl methyl sites for hydroxylation is 1. The van der Waals surface area contributed by atoms with E-state index in [4.69, 9.17) is 11.6 Å². The van der Waals surface area contributed by atoms with Crippen LogP contribution in [0.15, 0.2) is 24.5 Å². The molecule has 0 aliphatic rings. The van der Waals surface area contributed by atoms with Crippen LogP contribution in [-0.4, -0.2) is 32.6 Å². The molecule has 2 rings (SSSR count). The van der Waals surface area contributed by atoms with Crippen LogP contribution in [0.5, 0.6) is 0 Å². The van der Waals surface area contributed by atoms with Crippen molar-refractivity contribution < 1.29 is 9.72 Å². The first kappa shape index (κ1) is 14.9. The molecule has 0 spiro atoms. The number of nitro benzene ring substituents is 1. The third kappa shape index (κ3) is 4.25. The SMILES string of the molecule is O=C(NCCCc1ncn[nH]1)c1cc(Cl)cc([N+](=O)[O-])c1. The lowest BCUT2D eigenvalue weighted by atomic mass is 10.2. The number of halogens is 1. The molecule has 2 N–H and O–H groups in total. The second-order valence-corrected chi connectivity index (χ2v) is 4.68. The number of nitrogens with one attached hydrogen (secondary N) is 2. The number of nitro groups is 1. The van der Waals surface area contributed by atoms with Gasteiger partial charge in [-0.2, -0.15) is 5.10 Å². The molecule has 0 aliphatic carbocycles. The fourth-order valence-electron chi connectivity index (χ4n) is 1.72. The molecule has 0 saturated carbocycles. The fourth-order valence-corrected chi connectivity index (χ4v) is 1.95. The molecule has 110 valence electrons. The lowest BCUT2D eigenvalue weighted by Crippen LogP contribution is -2.25. The molecule has 0 aliphatic heterocycles. The van der Waals surface area contributed by atoms with Crippen molar-refractivity contribution in [3.63, 3.8) is 0 Å². The number of aromatic nitrogens is 3. The van der Waals surface area contributed by atoms with E-state index in [9.17, 15) is 14.9 Å². The Labute approximate surface area is 124 Å². The number of benzene rings is 1. The van der Waals surface area contributed by atoms with Gasteiger partial charge >= 0.3 is 0 Å². The first-order valence-electron chi connectivity index (χ1n) is 6.13. The van der Waals surface area contributed by atoms with Crippen molar-refractivity contribution in [3.05, 3.63) is 51.1 Å². The number of hydrogen-bond acceptors (Lipinski definition) is 5. The van der Waals surface area contributed by atoms with Crippen LogP contribution in [0.2, 0.25) is 5.02 Å². The Morgan fingerprint density at radius 1 is 1.43 bits per heavy atom. The highest BCUT2D eigenvalue weighted by Crippen LogP contribution is 2.20. The smallest absolute Gasteiger partial charge is 0.271 e. The maximum absolute atomic E-state index is 11.9. The maximum Gasteiger partial charge on any atom is 0.271 e. The molecule has 0 radical (unpaired) electrons. The van der Waals surface area contributed by atoms with Gasteiger partial charge in [0.2, 0.25) is 0 Å². The second-order valence-electron chi connectivity index (χ2n) is 4.25. The highest BCUT2D eigenvalue weighted by Gasteiger charge is 2.13. The van der Waals surface area contributed by atoms with E-state index < -0.39 is 10.8 Å². The van der Waals surface area contributed by atoms with Crippen LogP contribution in [0.4, 0.5) is 5.69 Å². The highest BCUT2D eigenvalue weighted by molar-refractivity contribution is 6.31. The number of carbonyl (C=O) groups excluding carboxylic acids is 1. The standard InChI is InChI=1S/C12H12ClN5O3/c13-9-4-8(5-10(6-9)18(20)21)12(19)14-3-1-2-11-15-7-16-17-11/h4-7H,1-3H2,(H,14,19)(H,15,16,17). The van der Waals surface area contributed by atoms with Gasteiger partial charge in [0.05, 0.1) is 4.92 Å². The summed E-state index contributed by atoms with van der Waals surface area (Å²) >= 11 is 5.76. The quantitative estimate of drug-likeness (QED) is 0.479. The summed E-state index contributed by atoms with van der Waals surface area (Å²) in [5, 5.41) is 20.0. The van der Waals surface area contributed by atoms with Crippen molar-refractivity contribution in [2.45, 2.75) is 12.8 Å². The van der Waals surface area contributed by atoms with Gasteiger partial charge in [0.25, 0.3) is 11.6 Å². The van der Waals surface area contributed by atoms with Crippen molar-refractivity contribution >= 4 is 23.2 Å². The number of carbonyl (C=O) groups is 1. The topological polar surface area (TPSA) is 114 Å². The zero-order chi connectivity index (χ0) is 15.2. The molecule has 0 bridgehead atoms. The van der Waals surface area contributed by atoms with Crippen molar-refractivity contribution in [2.75, 3.05) is 6.54 Å². The summed E-state index contributed by atoms with van der Waals surface area (Å²) in [7, 11) is 0. The molecule has 8 nitrogen and oxygen atoms in total. The van der Waals surface area contributed by atoms with Gasteiger partial charge < -0.3 is 5.32 Å². The minimum atomic E-state index is -0.591. The number of hydrogen-bond donors (Lipinski definition) is 2. The van der Waals surface area contributed by atoms with E-state index in [0.29, 0.717) is 19.4 Å².